The van der Waals surface area contributed by atoms with E-state index in [1.54, 1.807) is 6.07 Å². The van der Waals surface area contributed by atoms with Crippen molar-refractivity contribution in [2.24, 2.45) is 12.8 Å². The summed E-state index contributed by atoms with van der Waals surface area (Å²) < 4.78 is 7.78. The Morgan fingerprint density at radius 2 is 2.05 bits per heavy atom. The van der Waals surface area contributed by atoms with Gasteiger partial charge in [-0.15, -0.1) is 0 Å². The van der Waals surface area contributed by atoms with Crippen LogP contribution < -0.4 is 10.5 Å². The normalized spacial score (nSPS) is 11.0. The van der Waals surface area contributed by atoms with E-state index in [0.717, 1.165) is 28.2 Å². The van der Waals surface area contributed by atoms with Gasteiger partial charge >= 0.3 is 0 Å². The van der Waals surface area contributed by atoms with Crippen LogP contribution in [0.15, 0.2) is 42.5 Å². The molecule has 0 aliphatic carbocycles. The lowest BCUT2D eigenvalue weighted by atomic mass is 10.2. The van der Waals surface area contributed by atoms with Crippen LogP contribution in [0, 0.1) is 0 Å². The number of imidazole rings is 1. The van der Waals surface area contributed by atoms with Crippen LogP contribution in [0.4, 0.5) is 0 Å². The number of halogens is 1. The van der Waals surface area contributed by atoms with Crippen molar-refractivity contribution >= 4 is 22.6 Å². The van der Waals surface area contributed by atoms with E-state index in [1.165, 1.54) is 0 Å². The molecule has 0 saturated carbocycles. The minimum absolute atomic E-state index is 0.384. The molecular weight excluding hydrogens is 286 g/mol. The summed E-state index contributed by atoms with van der Waals surface area (Å²) >= 11 is 5.95. The van der Waals surface area contributed by atoms with Gasteiger partial charge in [0.25, 0.3) is 0 Å². The standard InChI is InChI=1S/C16H16ClN3O/c1-20-14-7-2-4-11(9-18)16(14)19-15(20)10-21-13-6-3-5-12(17)8-13/h2-8H,9-10,18H2,1H3. The van der Waals surface area contributed by atoms with Gasteiger partial charge in [-0.05, 0) is 29.8 Å². The van der Waals surface area contributed by atoms with Crippen LogP contribution in [0.5, 0.6) is 5.75 Å². The number of para-hydroxylation sites is 1. The minimum Gasteiger partial charge on any atom is -0.486 e. The summed E-state index contributed by atoms with van der Waals surface area (Å²) in [7, 11) is 1.98. The largest absolute Gasteiger partial charge is 0.486 e. The van der Waals surface area contributed by atoms with Gasteiger partial charge in [-0.2, -0.15) is 0 Å². The molecule has 21 heavy (non-hydrogen) atoms. The molecule has 1 aromatic heterocycles. The average molecular weight is 302 g/mol. The number of rotatable bonds is 4. The Hall–Kier alpha value is -2.04. The lowest BCUT2D eigenvalue weighted by Gasteiger charge is -2.06. The summed E-state index contributed by atoms with van der Waals surface area (Å²) in [6.45, 7) is 0.860. The number of hydrogen-bond acceptors (Lipinski definition) is 3. The zero-order valence-electron chi connectivity index (χ0n) is 11.7. The van der Waals surface area contributed by atoms with E-state index in [-0.39, 0.29) is 0 Å². The van der Waals surface area contributed by atoms with Crippen LogP contribution in [0.25, 0.3) is 11.0 Å². The number of ether oxygens (including phenoxy) is 1. The zero-order chi connectivity index (χ0) is 14.8. The molecular formula is C16H16ClN3O. The van der Waals surface area contributed by atoms with Gasteiger partial charge in [-0.3, -0.25) is 0 Å². The molecule has 108 valence electrons. The highest BCUT2D eigenvalue weighted by molar-refractivity contribution is 6.30. The molecule has 4 nitrogen and oxygen atoms in total. The van der Waals surface area contributed by atoms with Crippen molar-refractivity contribution in [3.8, 4) is 5.75 Å². The number of aromatic nitrogens is 2. The molecule has 0 saturated heterocycles. The van der Waals surface area contributed by atoms with Crippen molar-refractivity contribution in [2.45, 2.75) is 13.2 Å². The zero-order valence-corrected chi connectivity index (χ0v) is 12.5. The van der Waals surface area contributed by atoms with Gasteiger partial charge in [0.05, 0.1) is 11.0 Å². The summed E-state index contributed by atoms with van der Waals surface area (Å²) in [5, 5.41) is 0.655. The Morgan fingerprint density at radius 3 is 2.81 bits per heavy atom. The summed E-state index contributed by atoms with van der Waals surface area (Å²) in [4.78, 5) is 4.65. The monoisotopic (exact) mass is 301 g/mol. The molecule has 3 aromatic rings. The van der Waals surface area contributed by atoms with E-state index in [9.17, 15) is 0 Å². The maximum absolute atomic E-state index is 5.95. The number of nitrogens with two attached hydrogens (primary N) is 1. The number of benzene rings is 2. The first kappa shape index (κ1) is 13.9. The van der Waals surface area contributed by atoms with Crippen LogP contribution in [-0.4, -0.2) is 9.55 Å². The van der Waals surface area contributed by atoms with Crippen molar-refractivity contribution in [3.63, 3.8) is 0 Å². The molecule has 0 unspecified atom stereocenters. The molecule has 0 bridgehead atoms. The number of hydrogen-bond donors (Lipinski definition) is 1. The number of aryl methyl sites for hydroxylation is 1. The molecule has 0 aliphatic rings. The highest BCUT2D eigenvalue weighted by Gasteiger charge is 2.11. The van der Waals surface area contributed by atoms with E-state index in [4.69, 9.17) is 22.1 Å². The topological polar surface area (TPSA) is 53.1 Å². The number of nitrogens with zero attached hydrogens (tertiary/aromatic N) is 2. The predicted molar refractivity (Wildman–Crippen MR) is 84.4 cm³/mol. The second-order valence-electron chi connectivity index (χ2n) is 4.82. The van der Waals surface area contributed by atoms with Crippen molar-refractivity contribution in [1.29, 1.82) is 0 Å². The third-order valence-corrected chi connectivity index (χ3v) is 3.71. The fraction of sp³-hybridized carbons (Fsp3) is 0.188. The van der Waals surface area contributed by atoms with E-state index in [1.807, 2.05) is 48.0 Å². The molecule has 0 spiro atoms. The smallest absolute Gasteiger partial charge is 0.147 e. The van der Waals surface area contributed by atoms with Crippen LogP contribution in [0.3, 0.4) is 0 Å². The molecule has 1 heterocycles. The first-order valence-electron chi connectivity index (χ1n) is 6.70. The first-order chi connectivity index (χ1) is 10.2. The maximum atomic E-state index is 5.95. The Bertz CT molecular complexity index is 782. The van der Waals surface area contributed by atoms with Gasteiger partial charge in [0.2, 0.25) is 0 Å². The third-order valence-electron chi connectivity index (χ3n) is 3.47. The molecule has 0 atom stereocenters. The van der Waals surface area contributed by atoms with Crippen molar-refractivity contribution in [3.05, 3.63) is 58.9 Å². The van der Waals surface area contributed by atoms with Gasteiger partial charge in [-0.25, -0.2) is 4.98 Å². The van der Waals surface area contributed by atoms with Crippen LogP contribution in [0.1, 0.15) is 11.4 Å². The van der Waals surface area contributed by atoms with Gasteiger partial charge < -0.3 is 15.0 Å². The van der Waals surface area contributed by atoms with Crippen LogP contribution >= 0.6 is 11.6 Å². The van der Waals surface area contributed by atoms with Crippen LogP contribution in [-0.2, 0) is 20.2 Å². The summed E-state index contributed by atoms with van der Waals surface area (Å²) in [5.41, 5.74) is 8.80. The summed E-state index contributed by atoms with van der Waals surface area (Å²) in [6.07, 6.45) is 0. The SMILES string of the molecule is Cn1c(COc2cccc(Cl)c2)nc2c(CN)cccc21. The average Bonchev–Trinajstić information content (AvgIpc) is 2.82. The fourth-order valence-electron chi connectivity index (χ4n) is 2.32. The van der Waals surface area contributed by atoms with Gasteiger partial charge in [0, 0.05) is 18.6 Å². The highest BCUT2D eigenvalue weighted by Crippen LogP contribution is 2.21. The van der Waals surface area contributed by atoms with Gasteiger partial charge in [0.15, 0.2) is 0 Å². The second kappa shape index (κ2) is 5.76. The molecule has 0 fully saturated rings. The Morgan fingerprint density at radius 1 is 1.24 bits per heavy atom. The van der Waals surface area contributed by atoms with E-state index >= 15 is 0 Å². The summed E-state index contributed by atoms with van der Waals surface area (Å²) in [6, 6.07) is 13.4. The first-order valence-corrected chi connectivity index (χ1v) is 7.08. The second-order valence-corrected chi connectivity index (χ2v) is 5.26. The van der Waals surface area contributed by atoms with Crippen molar-refractivity contribution in [2.75, 3.05) is 0 Å². The molecule has 0 aliphatic heterocycles. The van der Waals surface area contributed by atoms with E-state index in [0.29, 0.717) is 18.2 Å². The Balaban J connectivity index is 1.89. The third kappa shape index (κ3) is 2.73. The predicted octanol–water partition coefficient (Wildman–Crippen LogP) is 3.26. The highest BCUT2D eigenvalue weighted by atomic mass is 35.5. The molecule has 0 radical (unpaired) electrons. The quantitative estimate of drug-likeness (QED) is 0.804. The Kier molecular flexibility index (Phi) is 3.82. The minimum atomic E-state index is 0.384. The van der Waals surface area contributed by atoms with Crippen molar-refractivity contribution < 1.29 is 4.74 Å². The molecule has 0 amide bonds. The maximum Gasteiger partial charge on any atom is 0.147 e. The van der Waals surface area contributed by atoms with Crippen molar-refractivity contribution in [1.82, 2.24) is 9.55 Å². The Labute approximate surface area is 128 Å². The van der Waals surface area contributed by atoms with Gasteiger partial charge in [0.1, 0.15) is 18.2 Å². The number of fused-ring (bicyclic) bond motifs is 1. The molecule has 5 heteroatoms. The van der Waals surface area contributed by atoms with Gasteiger partial charge in [-0.1, -0.05) is 29.8 Å². The van der Waals surface area contributed by atoms with E-state index < -0.39 is 0 Å². The lowest BCUT2D eigenvalue weighted by Crippen LogP contribution is -2.03. The van der Waals surface area contributed by atoms with Crippen LogP contribution in [0.2, 0.25) is 5.02 Å². The van der Waals surface area contributed by atoms with E-state index in [2.05, 4.69) is 4.98 Å². The molecule has 3 rings (SSSR count). The fourth-order valence-corrected chi connectivity index (χ4v) is 2.50. The molecule has 2 aromatic carbocycles. The summed E-state index contributed by atoms with van der Waals surface area (Å²) in [5.74, 6) is 1.58. The molecule has 2 N–H and O–H groups in total. The lowest BCUT2D eigenvalue weighted by molar-refractivity contribution is 0.292.